The molecule has 0 aromatic heterocycles. The Labute approximate surface area is 120 Å². The van der Waals surface area contributed by atoms with E-state index in [0.717, 1.165) is 16.5 Å². The van der Waals surface area contributed by atoms with E-state index >= 15 is 0 Å². The van der Waals surface area contributed by atoms with Crippen LogP contribution < -0.4 is 0 Å². The number of rotatable bonds is 3. The van der Waals surface area contributed by atoms with Gasteiger partial charge in [-0.3, -0.25) is 0 Å². The minimum absolute atomic E-state index is 0.307. The van der Waals surface area contributed by atoms with Crippen LogP contribution in [0.1, 0.15) is 22.1 Å². The largest absolute Gasteiger partial charge is 0.207 e. The van der Waals surface area contributed by atoms with Crippen LogP contribution in [0.2, 0.25) is 0 Å². The lowest BCUT2D eigenvalue weighted by Crippen LogP contribution is -2.01. The summed E-state index contributed by atoms with van der Waals surface area (Å²) in [5, 5.41) is -0.622. The zero-order valence-electron chi connectivity index (χ0n) is 10.6. The van der Waals surface area contributed by atoms with Crippen LogP contribution in [0.15, 0.2) is 41.3 Å². The minimum atomic E-state index is -0.622. The molecule has 2 aromatic carbocycles. The van der Waals surface area contributed by atoms with Crippen molar-refractivity contribution in [1.82, 2.24) is 0 Å². The summed E-state index contributed by atoms with van der Waals surface area (Å²) in [6.45, 7) is 1.60. The molecule has 0 N–H and O–H groups in total. The molecule has 0 heterocycles. The van der Waals surface area contributed by atoms with Gasteiger partial charge in [-0.05, 0) is 36.4 Å². The molecule has 4 heteroatoms. The normalized spacial score (nSPS) is 12.5. The Morgan fingerprint density at radius 2 is 1.74 bits per heavy atom. The summed E-state index contributed by atoms with van der Waals surface area (Å²) in [5.74, 6) is -1.16. The lowest BCUT2D eigenvalue weighted by molar-refractivity contribution is 0.568. The van der Waals surface area contributed by atoms with E-state index < -0.39 is 17.0 Å². The zero-order valence-corrected chi connectivity index (χ0v) is 12.2. The summed E-state index contributed by atoms with van der Waals surface area (Å²) in [5.41, 5.74) is 1.53. The van der Waals surface area contributed by atoms with E-state index in [2.05, 4.69) is 0 Å². The maximum Gasteiger partial charge on any atom is 0.131 e. The number of thioether (sulfide) groups is 1. The summed E-state index contributed by atoms with van der Waals surface area (Å²) in [4.78, 5) is 0.990. The molecule has 2 rings (SSSR count). The number of benzene rings is 2. The third-order valence-corrected chi connectivity index (χ3v) is 4.24. The zero-order chi connectivity index (χ0) is 14.0. The van der Waals surface area contributed by atoms with Crippen LogP contribution >= 0.6 is 23.4 Å². The fraction of sp³-hybridized carbons (Fsp3) is 0.200. The lowest BCUT2D eigenvalue weighted by Gasteiger charge is -2.15. The Morgan fingerprint density at radius 3 is 2.42 bits per heavy atom. The predicted octanol–water partition coefficient (Wildman–Crippen LogP) is 5.32. The molecule has 0 nitrogen and oxygen atoms in total. The van der Waals surface area contributed by atoms with Crippen LogP contribution in [0.5, 0.6) is 0 Å². The van der Waals surface area contributed by atoms with Gasteiger partial charge >= 0.3 is 0 Å². The number of hydrogen-bond donors (Lipinski definition) is 0. The van der Waals surface area contributed by atoms with Gasteiger partial charge in [-0.1, -0.05) is 18.2 Å². The highest BCUT2D eigenvalue weighted by atomic mass is 35.5. The van der Waals surface area contributed by atoms with Crippen LogP contribution in [-0.4, -0.2) is 6.26 Å². The van der Waals surface area contributed by atoms with E-state index in [1.165, 1.54) is 6.07 Å². The summed E-state index contributed by atoms with van der Waals surface area (Å²) < 4.78 is 27.2. The smallest absolute Gasteiger partial charge is 0.131 e. The summed E-state index contributed by atoms with van der Waals surface area (Å²) in [6, 6.07) is 9.93. The maximum absolute atomic E-state index is 13.9. The number of alkyl halides is 1. The van der Waals surface area contributed by atoms with Crippen molar-refractivity contribution in [1.29, 1.82) is 0 Å². The van der Waals surface area contributed by atoms with Gasteiger partial charge in [0.2, 0.25) is 0 Å². The highest BCUT2D eigenvalue weighted by molar-refractivity contribution is 7.98. The lowest BCUT2D eigenvalue weighted by atomic mass is 10.0. The second kappa shape index (κ2) is 5.93. The molecule has 2 aromatic rings. The van der Waals surface area contributed by atoms with Crippen molar-refractivity contribution in [3.05, 3.63) is 64.7 Å². The van der Waals surface area contributed by atoms with Gasteiger partial charge in [0, 0.05) is 16.5 Å². The summed E-state index contributed by atoms with van der Waals surface area (Å²) in [7, 11) is 0. The summed E-state index contributed by atoms with van der Waals surface area (Å²) in [6.07, 6.45) is 1.94. The van der Waals surface area contributed by atoms with Gasteiger partial charge in [-0.25, -0.2) is 8.78 Å². The molecule has 0 aliphatic heterocycles. The molecule has 0 saturated carbocycles. The maximum atomic E-state index is 13.9. The first-order valence-electron chi connectivity index (χ1n) is 5.77. The second-order valence-corrected chi connectivity index (χ2v) is 5.51. The van der Waals surface area contributed by atoms with Crippen molar-refractivity contribution in [3.8, 4) is 0 Å². The van der Waals surface area contributed by atoms with Gasteiger partial charge in [0.1, 0.15) is 11.6 Å². The molecule has 100 valence electrons. The van der Waals surface area contributed by atoms with Gasteiger partial charge in [0.15, 0.2) is 0 Å². The van der Waals surface area contributed by atoms with Crippen molar-refractivity contribution < 1.29 is 8.78 Å². The number of hydrogen-bond acceptors (Lipinski definition) is 1. The standard InChI is InChI=1S/C15H13ClF2S/c1-9-7-11(13(18)8-12(9)17)15(16)10-5-3-4-6-14(10)19-2/h3-8,15H,1-2H3. The molecule has 0 radical (unpaired) electrons. The molecule has 0 amide bonds. The van der Waals surface area contributed by atoms with Gasteiger partial charge in [-0.2, -0.15) is 0 Å². The molecular weight excluding hydrogens is 286 g/mol. The highest BCUT2D eigenvalue weighted by Gasteiger charge is 2.19. The van der Waals surface area contributed by atoms with Gasteiger partial charge < -0.3 is 0 Å². The number of aryl methyl sites for hydroxylation is 1. The topological polar surface area (TPSA) is 0 Å². The van der Waals surface area contributed by atoms with Crippen LogP contribution in [0.25, 0.3) is 0 Å². The molecule has 1 atom stereocenters. The minimum Gasteiger partial charge on any atom is -0.207 e. The average molecular weight is 299 g/mol. The van der Waals surface area contributed by atoms with Crippen molar-refractivity contribution in [2.45, 2.75) is 17.2 Å². The van der Waals surface area contributed by atoms with Crippen LogP contribution in [0.3, 0.4) is 0 Å². The second-order valence-electron chi connectivity index (χ2n) is 4.23. The van der Waals surface area contributed by atoms with Crippen molar-refractivity contribution in [3.63, 3.8) is 0 Å². The van der Waals surface area contributed by atoms with E-state index in [4.69, 9.17) is 11.6 Å². The average Bonchev–Trinajstić information content (AvgIpc) is 2.42. The fourth-order valence-corrected chi connectivity index (χ4v) is 2.98. The molecule has 19 heavy (non-hydrogen) atoms. The molecule has 0 aliphatic carbocycles. The van der Waals surface area contributed by atoms with Gasteiger partial charge in [-0.15, -0.1) is 23.4 Å². The first kappa shape index (κ1) is 14.4. The van der Waals surface area contributed by atoms with Crippen molar-refractivity contribution >= 4 is 23.4 Å². The third kappa shape index (κ3) is 2.93. The molecule has 1 unspecified atom stereocenters. The molecule has 0 saturated heterocycles. The Bertz CT molecular complexity index is 599. The quantitative estimate of drug-likeness (QED) is 0.545. The molecule has 0 spiro atoms. The van der Waals surface area contributed by atoms with E-state index in [-0.39, 0.29) is 0 Å². The van der Waals surface area contributed by atoms with Gasteiger partial charge in [0.05, 0.1) is 5.38 Å². The monoisotopic (exact) mass is 298 g/mol. The predicted molar refractivity (Wildman–Crippen MR) is 77.0 cm³/mol. The van der Waals surface area contributed by atoms with Crippen LogP contribution in [0.4, 0.5) is 8.78 Å². The van der Waals surface area contributed by atoms with Crippen molar-refractivity contribution in [2.24, 2.45) is 0 Å². The van der Waals surface area contributed by atoms with E-state index in [0.29, 0.717) is 11.1 Å². The molecule has 0 aliphatic rings. The van der Waals surface area contributed by atoms with Gasteiger partial charge in [0.25, 0.3) is 0 Å². The first-order valence-corrected chi connectivity index (χ1v) is 7.43. The molecular formula is C15H13ClF2S. The third-order valence-electron chi connectivity index (χ3n) is 2.96. The Morgan fingerprint density at radius 1 is 1.05 bits per heavy atom. The van der Waals surface area contributed by atoms with E-state index in [9.17, 15) is 8.78 Å². The Hall–Kier alpha value is -1.06. The summed E-state index contributed by atoms with van der Waals surface area (Å²) >= 11 is 7.92. The van der Waals surface area contributed by atoms with E-state index in [1.54, 1.807) is 18.7 Å². The van der Waals surface area contributed by atoms with Crippen LogP contribution in [-0.2, 0) is 0 Å². The Balaban J connectivity index is 2.50. The SMILES string of the molecule is CSc1ccccc1C(Cl)c1cc(C)c(F)cc1F. The van der Waals surface area contributed by atoms with Crippen molar-refractivity contribution in [2.75, 3.05) is 6.26 Å². The van der Waals surface area contributed by atoms with E-state index in [1.807, 2.05) is 30.5 Å². The van der Waals surface area contributed by atoms with Crippen LogP contribution in [0, 0.1) is 18.6 Å². The fourth-order valence-electron chi connectivity index (χ4n) is 1.92. The highest BCUT2D eigenvalue weighted by Crippen LogP contribution is 2.36. The number of halogens is 3. The Kier molecular flexibility index (Phi) is 4.48. The first-order chi connectivity index (χ1) is 9.04. The molecule has 0 fully saturated rings. The molecule has 0 bridgehead atoms.